The number of benzene rings is 8. The van der Waals surface area contributed by atoms with Crippen molar-refractivity contribution < 1.29 is 4.42 Å². The molecular formula is C54H35N3OS. The highest BCUT2D eigenvalue weighted by Gasteiger charge is 2.33. The molecule has 0 aliphatic carbocycles. The van der Waals surface area contributed by atoms with Crippen LogP contribution in [0.5, 0.6) is 0 Å². The lowest BCUT2D eigenvalue weighted by atomic mass is 9.88. The molecule has 1 aliphatic heterocycles. The highest BCUT2D eigenvalue weighted by Crippen LogP contribution is 2.54. The molecule has 0 saturated carbocycles. The normalized spacial score (nSPS) is 13.6. The van der Waals surface area contributed by atoms with Crippen LogP contribution in [0.2, 0.25) is 0 Å². The van der Waals surface area contributed by atoms with E-state index in [9.17, 15) is 0 Å². The van der Waals surface area contributed by atoms with Crippen molar-refractivity contribution in [1.82, 2.24) is 9.97 Å². The molecule has 0 radical (unpaired) electrons. The number of para-hydroxylation sites is 2. The molecular weight excluding hydrogens is 739 g/mol. The molecule has 0 bridgehead atoms. The molecule has 4 nitrogen and oxygen atoms in total. The van der Waals surface area contributed by atoms with E-state index < -0.39 is 0 Å². The number of aromatic nitrogens is 2. The van der Waals surface area contributed by atoms with Crippen molar-refractivity contribution in [2.24, 2.45) is 0 Å². The van der Waals surface area contributed by atoms with E-state index in [0.717, 1.165) is 61.1 Å². The zero-order chi connectivity index (χ0) is 39.0. The molecule has 3 aromatic heterocycles. The Morgan fingerprint density at radius 3 is 2.02 bits per heavy atom. The van der Waals surface area contributed by atoms with E-state index in [-0.39, 0.29) is 6.04 Å². The van der Waals surface area contributed by atoms with Gasteiger partial charge >= 0.3 is 0 Å². The number of anilines is 1. The predicted molar refractivity (Wildman–Crippen MR) is 246 cm³/mol. The lowest BCUT2D eigenvalue weighted by Gasteiger charge is -2.37. The standard InChI is InChI=1S/C54H35N3OS/c1-57-47-31-37-16-6-5-15-36(37)30-44(47)50-43-20-8-10-24-49(43)59-53(50)51(57)34-25-27-35(28-26-34)54-55-45(33-13-3-2-4-14-33)32-46(56-54)39-18-11-17-38(29-39)40-21-12-22-42-41-19-7-9-23-48(41)58-52(40)42/h2-32,51H,1H3. The molecule has 59 heavy (non-hydrogen) atoms. The van der Waals surface area contributed by atoms with Crippen molar-refractivity contribution in [1.29, 1.82) is 0 Å². The Bertz CT molecular complexity index is 3420. The lowest BCUT2D eigenvalue weighted by Crippen LogP contribution is -2.28. The third kappa shape index (κ3) is 5.50. The molecule has 11 aromatic rings. The first-order valence-electron chi connectivity index (χ1n) is 20.0. The van der Waals surface area contributed by atoms with Gasteiger partial charge in [-0.1, -0.05) is 152 Å². The summed E-state index contributed by atoms with van der Waals surface area (Å²) < 4.78 is 7.75. The van der Waals surface area contributed by atoms with E-state index in [1.165, 1.54) is 48.1 Å². The van der Waals surface area contributed by atoms with Gasteiger partial charge < -0.3 is 9.32 Å². The summed E-state index contributed by atoms with van der Waals surface area (Å²) in [6, 6.07) is 66.9. The van der Waals surface area contributed by atoms with Gasteiger partial charge in [0.15, 0.2) is 5.82 Å². The van der Waals surface area contributed by atoms with Crippen LogP contribution < -0.4 is 4.90 Å². The first-order chi connectivity index (χ1) is 29.1. The molecule has 0 spiro atoms. The van der Waals surface area contributed by atoms with Crippen LogP contribution in [-0.4, -0.2) is 17.0 Å². The highest BCUT2D eigenvalue weighted by molar-refractivity contribution is 7.19. The first-order valence-corrected chi connectivity index (χ1v) is 20.8. The largest absolute Gasteiger partial charge is 0.455 e. The van der Waals surface area contributed by atoms with Crippen molar-refractivity contribution >= 4 is 59.8 Å². The van der Waals surface area contributed by atoms with Gasteiger partial charge in [0, 0.05) is 71.9 Å². The van der Waals surface area contributed by atoms with Crippen LogP contribution in [0.25, 0.3) is 99.0 Å². The number of thiophene rings is 1. The smallest absolute Gasteiger partial charge is 0.160 e. The maximum atomic E-state index is 6.44. The minimum Gasteiger partial charge on any atom is -0.455 e. The maximum absolute atomic E-state index is 6.44. The molecule has 1 unspecified atom stereocenters. The summed E-state index contributed by atoms with van der Waals surface area (Å²) in [6.07, 6.45) is 0. The Labute approximate surface area is 345 Å². The average Bonchev–Trinajstić information content (AvgIpc) is 3.88. The Morgan fingerprint density at radius 2 is 1.17 bits per heavy atom. The van der Waals surface area contributed by atoms with Crippen LogP contribution in [0.4, 0.5) is 5.69 Å². The first kappa shape index (κ1) is 33.8. The molecule has 0 fully saturated rings. The van der Waals surface area contributed by atoms with E-state index in [1.54, 1.807) is 0 Å². The minimum atomic E-state index is 0.0520. The summed E-state index contributed by atoms with van der Waals surface area (Å²) in [6.45, 7) is 0. The van der Waals surface area contributed by atoms with Gasteiger partial charge in [-0.05, 0) is 58.3 Å². The number of hydrogen-bond acceptors (Lipinski definition) is 5. The van der Waals surface area contributed by atoms with E-state index >= 15 is 0 Å². The van der Waals surface area contributed by atoms with Crippen molar-refractivity contribution in [3.8, 4) is 56.2 Å². The number of hydrogen-bond donors (Lipinski definition) is 0. The van der Waals surface area contributed by atoms with Gasteiger partial charge in [0.2, 0.25) is 0 Å². The van der Waals surface area contributed by atoms with Crippen molar-refractivity contribution in [2.45, 2.75) is 6.04 Å². The molecule has 0 amide bonds. The fourth-order valence-corrected chi connectivity index (χ4v) is 10.5. The summed E-state index contributed by atoms with van der Waals surface area (Å²) in [5.74, 6) is 0.689. The minimum absolute atomic E-state index is 0.0520. The van der Waals surface area contributed by atoms with Crippen LogP contribution >= 0.6 is 11.3 Å². The van der Waals surface area contributed by atoms with E-state index in [2.05, 4.69) is 182 Å². The second-order valence-electron chi connectivity index (χ2n) is 15.4. The van der Waals surface area contributed by atoms with E-state index in [0.29, 0.717) is 5.82 Å². The topological polar surface area (TPSA) is 42.2 Å². The van der Waals surface area contributed by atoms with Gasteiger partial charge in [0.25, 0.3) is 0 Å². The fourth-order valence-electron chi connectivity index (χ4n) is 9.06. The number of nitrogens with zero attached hydrogens (tertiary/aromatic N) is 3. The quantitative estimate of drug-likeness (QED) is 0.175. The van der Waals surface area contributed by atoms with Gasteiger partial charge in [0.1, 0.15) is 11.2 Å². The van der Waals surface area contributed by atoms with Crippen molar-refractivity contribution in [3.05, 3.63) is 198 Å². The Morgan fingerprint density at radius 1 is 0.508 bits per heavy atom. The SMILES string of the molecule is CN1c2cc3ccccc3cc2-c2c(sc3ccccc23)C1c1ccc(-c2nc(-c3ccccc3)cc(-c3cccc(-c4cccc5c4oc4ccccc45)c3)n2)cc1. The molecule has 0 saturated heterocycles. The van der Waals surface area contributed by atoms with Gasteiger partial charge in [-0.3, -0.25) is 0 Å². The third-order valence-corrected chi connectivity index (χ3v) is 13.1. The summed E-state index contributed by atoms with van der Waals surface area (Å²) >= 11 is 1.90. The predicted octanol–water partition coefficient (Wildman–Crippen LogP) is 14.6. The molecule has 1 aliphatic rings. The highest BCUT2D eigenvalue weighted by atomic mass is 32.1. The molecule has 1 atom stereocenters. The van der Waals surface area contributed by atoms with Crippen LogP contribution in [0.3, 0.4) is 0 Å². The van der Waals surface area contributed by atoms with Crippen LogP contribution in [0, 0.1) is 0 Å². The van der Waals surface area contributed by atoms with Gasteiger partial charge in [-0.15, -0.1) is 11.3 Å². The molecule has 5 heteroatoms. The molecule has 8 aromatic carbocycles. The zero-order valence-corrected chi connectivity index (χ0v) is 32.9. The van der Waals surface area contributed by atoms with Gasteiger partial charge in [0.05, 0.1) is 17.4 Å². The summed E-state index contributed by atoms with van der Waals surface area (Å²) in [5.41, 5.74) is 13.8. The fraction of sp³-hybridized carbons (Fsp3) is 0.0370. The Hall–Kier alpha value is -7.34. The summed E-state index contributed by atoms with van der Waals surface area (Å²) in [5, 5.41) is 6.06. The second kappa shape index (κ2) is 13.4. The average molecular weight is 774 g/mol. The van der Waals surface area contributed by atoms with E-state index in [1.807, 2.05) is 29.5 Å². The molecule has 12 rings (SSSR count). The number of furan rings is 1. The van der Waals surface area contributed by atoms with Crippen molar-refractivity contribution in [3.63, 3.8) is 0 Å². The molecule has 4 heterocycles. The van der Waals surface area contributed by atoms with Crippen LogP contribution in [0.1, 0.15) is 16.5 Å². The molecule has 278 valence electrons. The van der Waals surface area contributed by atoms with Gasteiger partial charge in [-0.25, -0.2) is 9.97 Å². The second-order valence-corrected chi connectivity index (χ2v) is 16.5. The number of rotatable bonds is 5. The Balaban J connectivity index is 0.964. The Kier molecular flexibility index (Phi) is 7.65. The maximum Gasteiger partial charge on any atom is 0.160 e. The van der Waals surface area contributed by atoms with Crippen molar-refractivity contribution in [2.75, 3.05) is 11.9 Å². The lowest BCUT2D eigenvalue weighted by molar-refractivity contribution is 0.670. The van der Waals surface area contributed by atoms with Crippen LogP contribution in [0.15, 0.2) is 192 Å². The number of fused-ring (bicyclic) bond motifs is 9. The summed E-state index contributed by atoms with van der Waals surface area (Å²) in [7, 11) is 2.24. The van der Waals surface area contributed by atoms with Gasteiger partial charge in [-0.2, -0.15) is 0 Å². The monoisotopic (exact) mass is 773 g/mol. The summed E-state index contributed by atoms with van der Waals surface area (Å²) in [4.78, 5) is 14.3. The zero-order valence-electron chi connectivity index (χ0n) is 32.1. The third-order valence-electron chi connectivity index (χ3n) is 11.9. The van der Waals surface area contributed by atoms with E-state index in [4.69, 9.17) is 14.4 Å². The van der Waals surface area contributed by atoms with Crippen LogP contribution in [-0.2, 0) is 0 Å². The molecule has 0 N–H and O–H groups in total.